The molecule has 2 unspecified atom stereocenters. The number of likely N-dealkylation sites (N-methyl/N-ethyl adjacent to an activating group) is 1. The maximum absolute atomic E-state index is 14.7. The smallest absolute Gasteiger partial charge is 0.251 e. The van der Waals surface area contributed by atoms with Gasteiger partial charge in [-0.3, -0.25) is 14.4 Å². The molecule has 7 nitrogen and oxygen atoms in total. The molecule has 212 valence electrons. The number of thioether (sulfide) groups is 1. The molecule has 1 spiro atoms. The molecule has 0 aliphatic carbocycles. The van der Waals surface area contributed by atoms with Crippen LogP contribution in [0.2, 0.25) is 0 Å². The first-order chi connectivity index (χ1) is 18.6. The highest BCUT2D eigenvalue weighted by molar-refractivity contribution is 8.02. The molecular weight excluding hydrogens is 510 g/mol. The number of fused-ring (bicyclic) bond motifs is 1. The van der Waals surface area contributed by atoms with Crippen molar-refractivity contribution in [2.24, 2.45) is 11.8 Å². The number of aliphatic hydroxyl groups excluding tert-OH is 1. The highest BCUT2D eigenvalue weighted by Gasteiger charge is 2.77. The Morgan fingerprint density at radius 3 is 2.38 bits per heavy atom. The van der Waals surface area contributed by atoms with E-state index in [1.54, 1.807) is 45.7 Å². The SMILES string of the molecule is C=CCN(C)C(=O)[C@H]1[C@H]2C(=O)N(CCCCCO)C(C(=O)N(CC=C)c3c(C)cccc3C)C23CC[C@]1(C)S3. The number of hydrogen-bond donors (Lipinski definition) is 1. The van der Waals surface area contributed by atoms with Gasteiger partial charge in [-0.1, -0.05) is 30.4 Å². The van der Waals surface area contributed by atoms with Crippen LogP contribution in [-0.4, -0.2) is 81.5 Å². The molecule has 3 aliphatic rings. The molecule has 4 rings (SSSR count). The van der Waals surface area contributed by atoms with Gasteiger partial charge in [-0.25, -0.2) is 0 Å². The number of rotatable bonds is 12. The minimum Gasteiger partial charge on any atom is -0.396 e. The largest absolute Gasteiger partial charge is 0.396 e. The van der Waals surface area contributed by atoms with E-state index < -0.39 is 27.4 Å². The number of anilines is 1. The molecule has 39 heavy (non-hydrogen) atoms. The van der Waals surface area contributed by atoms with Crippen molar-refractivity contribution >= 4 is 35.2 Å². The van der Waals surface area contributed by atoms with E-state index in [9.17, 15) is 19.5 Å². The number of nitrogens with zero attached hydrogens (tertiary/aromatic N) is 3. The van der Waals surface area contributed by atoms with Gasteiger partial charge in [0.25, 0.3) is 5.91 Å². The zero-order valence-electron chi connectivity index (χ0n) is 23.8. The van der Waals surface area contributed by atoms with E-state index in [0.29, 0.717) is 32.5 Å². The molecule has 1 aromatic rings. The van der Waals surface area contributed by atoms with Gasteiger partial charge in [0, 0.05) is 43.7 Å². The van der Waals surface area contributed by atoms with Crippen LogP contribution >= 0.6 is 11.8 Å². The van der Waals surface area contributed by atoms with Crippen LogP contribution in [0, 0.1) is 25.7 Å². The average molecular weight is 554 g/mol. The Hall–Kier alpha value is -2.58. The number of para-hydroxylation sites is 1. The first kappa shape index (κ1) is 29.4. The van der Waals surface area contributed by atoms with Crippen LogP contribution in [0.3, 0.4) is 0 Å². The average Bonchev–Trinajstić information content (AvgIpc) is 3.46. The van der Waals surface area contributed by atoms with Crippen molar-refractivity contribution in [3.8, 4) is 0 Å². The van der Waals surface area contributed by atoms with E-state index in [1.807, 2.05) is 32.0 Å². The molecule has 3 fully saturated rings. The van der Waals surface area contributed by atoms with Crippen molar-refractivity contribution in [1.29, 1.82) is 0 Å². The van der Waals surface area contributed by atoms with Gasteiger partial charge in [0.05, 0.1) is 16.6 Å². The minimum absolute atomic E-state index is 0.0455. The lowest BCUT2D eigenvalue weighted by atomic mass is 9.66. The second-order valence-electron chi connectivity index (χ2n) is 11.5. The molecule has 3 heterocycles. The van der Waals surface area contributed by atoms with Crippen LogP contribution in [0.5, 0.6) is 0 Å². The van der Waals surface area contributed by atoms with Crippen LogP contribution < -0.4 is 4.90 Å². The molecule has 3 aliphatic heterocycles. The van der Waals surface area contributed by atoms with E-state index >= 15 is 0 Å². The van der Waals surface area contributed by atoms with Crippen LogP contribution in [0.1, 0.15) is 50.2 Å². The molecular formula is C31H43N3O4S. The lowest BCUT2D eigenvalue weighted by Gasteiger charge is -2.38. The predicted octanol–water partition coefficient (Wildman–Crippen LogP) is 4.11. The molecule has 3 amide bonds. The fourth-order valence-corrected chi connectivity index (χ4v) is 9.56. The quantitative estimate of drug-likeness (QED) is 0.311. The first-order valence-corrected chi connectivity index (χ1v) is 14.9. The third-order valence-electron chi connectivity index (χ3n) is 8.90. The van der Waals surface area contributed by atoms with E-state index in [2.05, 4.69) is 20.1 Å². The van der Waals surface area contributed by atoms with Gasteiger partial charge in [0.15, 0.2) is 0 Å². The van der Waals surface area contributed by atoms with Crippen molar-refractivity contribution in [1.82, 2.24) is 9.80 Å². The number of carbonyl (C=O) groups excluding carboxylic acids is 3. The van der Waals surface area contributed by atoms with Crippen molar-refractivity contribution < 1.29 is 19.5 Å². The van der Waals surface area contributed by atoms with Crippen molar-refractivity contribution in [3.63, 3.8) is 0 Å². The number of likely N-dealkylation sites (tertiary alicyclic amines) is 1. The number of aliphatic hydroxyl groups is 1. The Balaban J connectivity index is 1.80. The summed E-state index contributed by atoms with van der Waals surface area (Å²) in [4.78, 5) is 48.1. The number of hydrogen-bond acceptors (Lipinski definition) is 5. The van der Waals surface area contributed by atoms with Crippen molar-refractivity contribution in [2.75, 3.05) is 38.2 Å². The maximum Gasteiger partial charge on any atom is 0.251 e. The zero-order chi connectivity index (χ0) is 28.5. The summed E-state index contributed by atoms with van der Waals surface area (Å²) in [6, 6.07) is 5.31. The monoisotopic (exact) mass is 553 g/mol. The number of carbonyl (C=O) groups is 3. The van der Waals surface area contributed by atoms with E-state index in [4.69, 9.17) is 0 Å². The number of unbranched alkanes of at least 4 members (excludes halogenated alkanes) is 2. The molecule has 8 heteroatoms. The summed E-state index contributed by atoms with van der Waals surface area (Å²) >= 11 is 1.70. The molecule has 5 atom stereocenters. The Morgan fingerprint density at radius 2 is 1.77 bits per heavy atom. The fourth-order valence-electron chi connectivity index (χ4n) is 7.21. The summed E-state index contributed by atoms with van der Waals surface area (Å²) < 4.78 is -1.07. The lowest BCUT2D eigenvalue weighted by Crippen LogP contribution is -2.55. The Kier molecular flexibility index (Phi) is 8.67. The third-order valence-corrected chi connectivity index (χ3v) is 10.9. The predicted molar refractivity (Wildman–Crippen MR) is 158 cm³/mol. The topological polar surface area (TPSA) is 81.2 Å². The van der Waals surface area contributed by atoms with Crippen molar-refractivity contribution in [3.05, 3.63) is 54.6 Å². The van der Waals surface area contributed by atoms with Gasteiger partial charge in [-0.05, 0) is 64.0 Å². The van der Waals surface area contributed by atoms with Gasteiger partial charge in [0.1, 0.15) is 6.04 Å². The van der Waals surface area contributed by atoms with Gasteiger partial charge < -0.3 is 19.8 Å². The lowest BCUT2D eigenvalue weighted by molar-refractivity contribution is -0.144. The number of benzene rings is 1. The highest BCUT2D eigenvalue weighted by atomic mass is 32.2. The Labute approximate surface area is 237 Å². The minimum atomic E-state index is -0.669. The molecule has 0 saturated carbocycles. The summed E-state index contributed by atoms with van der Waals surface area (Å²) in [5.41, 5.74) is 2.84. The summed E-state index contributed by atoms with van der Waals surface area (Å²) in [6.45, 7) is 15.1. The van der Waals surface area contributed by atoms with E-state index in [1.165, 1.54) is 0 Å². The van der Waals surface area contributed by atoms with Crippen LogP contribution in [0.4, 0.5) is 5.69 Å². The second-order valence-corrected chi connectivity index (χ2v) is 13.4. The molecule has 3 saturated heterocycles. The first-order valence-electron chi connectivity index (χ1n) is 14.0. The summed E-state index contributed by atoms with van der Waals surface area (Å²) in [7, 11) is 1.76. The summed E-state index contributed by atoms with van der Waals surface area (Å²) in [5, 5.41) is 9.29. The van der Waals surface area contributed by atoms with Gasteiger partial charge >= 0.3 is 0 Å². The molecule has 1 aromatic carbocycles. The Morgan fingerprint density at radius 1 is 1.10 bits per heavy atom. The van der Waals surface area contributed by atoms with Gasteiger partial charge in [-0.2, -0.15) is 0 Å². The van der Waals surface area contributed by atoms with Crippen molar-refractivity contribution in [2.45, 2.75) is 68.4 Å². The molecule has 1 N–H and O–H groups in total. The molecule has 0 radical (unpaired) electrons. The van der Waals surface area contributed by atoms with Gasteiger partial charge in [-0.15, -0.1) is 24.9 Å². The van der Waals surface area contributed by atoms with E-state index in [0.717, 1.165) is 36.1 Å². The normalized spacial score (nSPS) is 28.9. The van der Waals surface area contributed by atoms with E-state index in [-0.39, 0.29) is 24.3 Å². The van der Waals surface area contributed by atoms with Crippen LogP contribution in [0.15, 0.2) is 43.5 Å². The van der Waals surface area contributed by atoms with Gasteiger partial charge in [0.2, 0.25) is 11.8 Å². The Bertz CT molecular complexity index is 1130. The zero-order valence-corrected chi connectivity index (χ0v) is 24.6. The highest BCUT2D eigenvalue weighted by Crippen LogP contribution is 2.71. The maximum atomic E-state index is 14.7. The van der Waals surface area contributed by atoms with Crippen LogP contribution in [-0.2, 0) is 14.4 Å². The molecule has 2 bridgehead atoms. The number of amides is 3. The fraction of sp³-hybridized carbons (Fsp3) is 0.581. The second kappa shape index (κ2) is 11.5. The molecule has 0 aromatic heterocycles. The standard InChI is InChI=1S/C31H43N3O4S/c1-7-17-32(6)27(36)23-24-28(37)34(19-10-9-11-20-35)26(31(24)16-15-30(23,5)39-31)29(38)33(18-8-2)25-21(3)13-12-14-22(25)4/h7-8,12-14,23-24,26,35H,1-2,9-11,15-20H2,3-6H3/t23-,24+,26?,30+,31?/m1/s1. The number of aryl methyl sites for hydroxylation is 2. The third kappa shape index (κ3) is 4.84. The summed E-state index contributed by atoms with van der Waals surface area (Å²) in [5.74, 6) is -1.26. The van der Waals surface area contributed by atoms with Crippen LogP contribution in [0.25, 0.3) is 0 Å². The summed E-state index contributed by atoms with van der Waals surface area (Å²) in [6.07, 6.45) is 7.05.